The van der Waals surface area contributed by atoms with Gasteiger partial charge in [-0.3, -0.25) is 0 Å². The number of halogens is 3. The first-order valence-electron chi connectivity index (χ1n) is 11.8. The molecule has 0 spiro atoms. The van der Waals surface area contributed by atoms with E-state index in [2.05, 4.69) is 10.2 Å². The van der Waals surface area contributed by atoms with E-state index >= 15 is 0 Å². The van der Waals surface area contributed by atoms with Crippen LogP contribution in [0.2, 0.25) is 0 Å². The van der Waals surface area contributed by atoms with Gasteiger partial charge in [0.2, 0.25) is 0 Å². The third kappa shape index (κ3) is 5.18. The number of benzene rings is 1. The molecular weight excluding hydrogens is 461 g/mol. The van der Waals surface area contributed by atoms with E-state index in [4.69, 9.17) is 9.47 Å². The van der Waals surface area contributed by atoms with Crippen molar-refractivity contribution in [2.45, 2.75) is 64.5 Å². The molecule has 1 aromatic rings. The maximum absolute atomic E-state index is 13.8. The number of nitrogens with zero attached hydrogens (tertiary/aromatic N) is 1. The second kappa shape index (κ2) is 8.91. The molecule has 3 aliphatic rings. The van der Waals surface area contributed by atoms with Crippen molar-refractivity contribution in [3.63, 3.8) is 0 Å². The summed E-state index contributed by atoms with van der Waals surface area (Å²) in [5, 5.41) is 2.87. The molecule has 1 aliphatic carbocycles. The molecule has 1 fully saturated rings. The van der Waals surface area contributed by atoms with Crippen LogP contribution >= 0.6 is 0 Å². The maximum atomic E-state index is 13.8. The molecule has 35 heavy (non-hydrogen) atoms. The summed E-state index contributed by atoms with van der Waals surface area (Å²) in [4.78, 5) is 26.7. The van der Waals surface area contributed by atoms with Gasteiger partial charge in [-0.1, -0.05) is 30.4 Å². The van der Waals surface area contributed by atoms with E-state index in [0.717, 1.165) is 12.1 Å². The number of carbonyl (C=O) groups excluding carboxylic acids is 2. The van der Waals surface area contributed by atoms with Crippen molar-refractivity contribution >= 4 is 17.7 Å². The largest absolute Gasteiger partial charge is 0.454 e. The smallest absolute Gasteiger partial charge is 0.407 e. The van der Waals surface area contributed by atoms with Crippen molar-refractivity contribution in [2.75, 3.05) is 18.0 Å². The number of allylic oxidation sites excluding steroid dienone is 4. The van der Waals surface area contributed by atoms with Crippen molar-refractivity contribution in [1.29, 1.82) is 0 Å². The lowest BCUT2D eigenvalue weighted by atomic mass is 9.71. The van der Waals surface area contributed by atoms with Crippen LogP contribution in [0.5, 0.6) is 0 Å². The average molecular weight is 493 g/mol. The van der Waals surface area contributed by atoms with Gasteiger partial charge in [0, 0.05) is 24.3 Å². The summed E-state index contributed by atoms with van der Waals surface area (Å²) >= 11 is 0. The number of rotatable bonds is 4. The number of hydrogen-bond acceptors (Lipinski definition) is 5. The summed E-state index contributed by atoms with van der Waals surface area (Å²) < 4.78 is 52.3. The number of alkyl carbamates (subject to hydrolysis) is 1. The third-order valence-corrected chi connectivity index (χ3v) is 6.87. The topological polar surface area (TPSA) is 67.9 Å². The molecule has 1 saturated heterocycles. The number of amides is 1. The van der Waals surface area contributed by atoms with Crippen molar-refractivity contribution < 1.29 is 32.2 Å². The first-order valence-corrected chi connectivity index (χ1v) is 11.8. The first-order chi connectivity index (χ1) is 16.3. The standard InChI is InChI=1S/C26H31F3N2O4/c1-24(2,3)35-23(33)30-17-10-12-31(15-17)18-8-9-19-20(14-18)22(32)34-21(19)13-16-7-5-6-11-25(16,4)26(27,28)29/h5-9,11,14,16-17,21H,10,12-13,15H2,1-4H3,(H,30,33)/t16?,17-,21?,25?/m1/s1. The average Bonchev–Trinajstić information content (AvgIpc) is 3.32. The molecule has 1 aromatic carbocycles. The highest BCUT2D eigenvalue weighted by Crippen LogP contribution is 2.51. The zero-order chi connectivity index (χ0) is 25.6. The number of cyclic esters (lactones) is 1. The van der Waals surface area contributed by atoms with Crippen LogP contribution in [-0.2, 0) is 9.47 Å². The molecule has 2 heterocycles. The summed E-state index contributed by atoms with van der Waals surface area (Å²) in [5.74, 6) is -1.38. The fourth-order valence-electron chi connectivity index (χ4n) is 4.85. The number of esters is 1. The Bertz CT molecular complexity index is 1060. The Morgan fingerprint density at radius 3 is 2.69 bits per heavy atom. The minimum Gasteiger partial charge on any atom is -0.454 e. The van der Waals surface area contributed by atoms with Gasteiger partial charge in [-0.2, -0.15) is 13.2 Å². The van der Waals surface area contributed by atoms with Gasteiger partial charge in [0.15, 0.2) is 0 Å². The van der Waals surface area contributed by atoms with E-state index < -0.39 is 41.3 Å². The molecule has 9 heteroatoms. The number of fused-ring (bicyclic) bond motifs is 1. The lowest BCUT2D eigenvalue weighted by Gasteiger charge is -2.37. The minimum absolute atomic E-state index is 0.0422. The molecule has 0 bridgehead atoms. The number of anilines is 1. The second-order valence-corrected chi connectivity index (χ2v) is 10.6. The van der Waals surface area contributed by atoms with E-state index in [-0.39, 0.29) is 12.5 Å². The second-order valence-electron chi connectivity index (χ2n) is 10.6. The van der Waals surface area contributed by atoms with Crippen LogP contribution in [0.3, 0.4) is 0 Å². The third-order valence-electron chi connectivity index (χ3n) is 6.87. The van der Waals surface area contributed by atoms with Gasteiger partial charge >= 0.3 is 18.2 Å². The van der Waals surface area contributed by atoms with Crippen LogP contribution in [0.1, 0.15) is 62.6 Å². The molecule has 2 aliphatic heterocycles. The van der Waals surface area contributed by atoms with Crippen molar-refractivity contribution in [1.82, 2.24) is 5.32 Å². The Labute approximate surface area is 203 Å². The normalized spacial score (nSPS) is 28.1. The van der Waals surface area contributed by atoms with Crippen molar-refractivity contribution in [3.05, 3.63) is 53.6 Å². The van der Waals surface area contributed by atoms with Crippen LogP contribution in [0.15, 0.2) is 42.5 Å². The van der Waals surface area contributed by atoms with E-state index in [1.807, 2.05) is 6.07 Å². The summed E-state index contributed by atoms with van der Waals surface area (Å²) in [6.45, 7) is 7.81. The fourth-order valence-corrected chi connectivity index (χ4v) is 4.85. The number of alkyl halides is 3. The highest BCUT2D eigenvalue weighted by molar-refractivity contribution is 5.95. The van der Waals surface area contributed by atoms with Crippen molar-refractivity contribution in [2.24, 2.45) is 11.3 Å². The first kappa shape index (κ1) is 25.1. The minimum atomic E-state index is -4.42. The Morgan fingerprint density at radius 1 is 1.26 bits per heavy atom. The van der Waals surface area contributed by atoms with E-state index in [1.165, 1.54) is 25.2 Å². The van der Waals surface area contributed by atoms with Crippen LogP contribution in [0.4, 0.5) is 23.7 Å². The lowest BCUT2D eigenvalue weighted by molar-refractivity contribution is -0.214. The van der Waals surface area contributed by atoms with Crippen LogP contribution in [-0.4, -0.2) is 43.0 Å². The van der Waals surface area contributed by atoms with E-state index in [1.54, 1.807) is 39.0 Å². The van der Waals surface area contributed by atoms with Gasteiger partial charge in [0.25, 0.3) is 0 Å². The molecule has 6 nitrogen and oxygen atoms in total. The summed E-state index contributed by atoms with van der Waals surface area (Å²) in [5.41, 5.74) is -0.826. The van der Waals surface area contributed by atoms with E-state index in [9.17, 15) is 22.8 Å². The zero-order valence-corrected chi connectivity index (χ0v) is 20.3. The molecule has 1 N–H and O–H groups in total. The number of hydrogen-bond donors (Lipinski definition) is 1. The molecule has 0 aromatic heterocycles. The van der Waals surface area contributed by atoms with E-state index in [0.29, 0.717) is 24.2 Å². The monoisotopic (exact) mass is 492 g/mol. The quantitative estimate of drug-likeness (QED) is 0.546. The molecule has 0 saturated carbocycles. The Hall–Kier alpha value is -2.97. The molecular formula is C26H31F3N2O4. The highest BCUT2D eigenvalue weighted by atomic mass is 19.4. The summed E-state index contributed by atoms with van der Waals surface area (Å²) in [6, 6.07) is 5.25. The highest BCUT2D eigenvalue weighted by Gasteiger charge is 2.54. The molecule has 190 valence electrons. The number of nitrogens with one attached hydrogen (secondary N) is 1. The molecule has 0 radical (unpaired) electrons. The molecule has 4 rings (SSSR count). The van der Waals surface area contributed by atoms with Crippen LogP contribution in [0, 0.1) is 11.3 Å². The number of carbonyl (C=O) groups is 2. The molecule has 4 atom stereocenters. The lowest BCUT2D eigenvalue weighted by Crippen LogP contribution is -2.41. The summed E-state index contributed by atoms with van der Waals surface area (Å²) in [7, 11) is 0. The van der Waals surface area contributed by atoms with Gasteiger partial charge in [0.1, 0.15) is 11.7 Å². The van der Waals surface area contributed by atoms with Gasteiger partial charge in [-0.25, -0.2) is 9.59 Å². The Balaban J connectivity index is 1.45. The SMILES string of the molecule is CC(C)(C)OC(=O)N[C@@H]1CCN(c2ccc3c(c2)C(=O)OC3CC2C=CC=CC2(C)C(F)(F)F)C1. The fraction of sp³-hybridized carbons (Fsp3) is 0.538. The van der Waals surface area contributed by atoms with Gasteiger partial charge < -0.3 is 19.7 Å². The Morgan fingerprint density at radius 2 is 2.00 bits per heavy atom. The maximum Gasteiger partial charge on any atom is 0.407 e. The predicted octanol–water partition coefficient (Wildman–Crippen LogP) is 5.70. The van der Waals surface area contributed by atoms with Crippen LogP contribution in [0.25, 0.3) is 0 Å². The predicted molar refractivity (Wildman–Crippen MR) is 125 cm³/mol. The molecule has 3 unspecified atom stereocenters. The summed E-state index contributed by atoms with van der Waals surface area (Å²) in [6.07, 6.45) is 0.857. The van der Waals surface area contributed by atoms with Gasteiger partial charge in [0.05, 0.1) is 17.0 Å². The van der Waals surface area contributed by atoms with Gasteiger partial charge in [-0.05, 0) is 58.6 Å². The molecule has 1 amide bonds. The Kier molecular flexibility index (Phi) is 6.40. The number of ether oxygens (including phenoxy) is 2. The van der Waals surface area contributed by atoms with Crippen LogP contribution < -0.4 is 10.2 Å². The van der Waals surface area contributed by atoms with Crippen molar-refractivity contribution in [3.8, 4) is 0 Å². The van der Waals surface area contributed by atoms with Gasteiger partial charge in [-0.15, -0.1) is 0 Å². The zero-order valence-electron chi connectivity index (χ0n) is 20.3.